The summed E-state index contributed by atoms with van der Waals surface area (Å²) in [5, 5.41) is 6.06. The second-order valence-corrected chi connectivity index (χ2v) is 5.01. The zero-order chi connectivity index (χ0) is 13.8. The number of benzene rings is 1. The van der Waals surface area contributed by atoms with Gasteiger partial charge in [-0.15, -0.1) is 0 Å². The Morgan fingerprint density at radius 3 is 2.44 bits per heavy atom. The molecule has 4 N–H and O–H groups in total. The van der Waals surface area contributed by atoms with Crippen LogP contribution in [0.4, 0.5) is 10.5 Å². The molecule has 1 rings (SSSR count). The number of anilines is 1. The third-order valence-electron chi connectivity index (χ3n) is 2.74. The number of hydrogen-bond donors (Lipinski definition) is 3. The first-order chi connectivity index (χ1) is 8.37. The summed E-state index contributed by atoms with van der Waals surface area (Å²) in [6.07, 6.45) is 0.621. The van der Waals surface area contributed by atoms with Gasteiger partial charge in [-0.3, -0.25) is 0 Å². The van der Waals surface area contributed by atoms with Crippen LogP contribution in [-0.2, 0) is 0 Å². The van der Waals surface area contributed by atoms with Crippen LogP contribution >= 0.6 is 23.8 Å². The van der Waals surface area contributed by atoms with Crippen molar-refractivity contribution in [3.05, 3.63) is 29.3 Å². The Labute approximate surface area is 117 Å². The smallest absolute Gasteiger partial charge is 0.320 e. The van der Waals surface area contributed by atoms with Crippen LogP contribution in [0.1, 0.15) is 20.3 Å². The van der Waals surface area contributed by atoms with Crippen LogP contribution < -0.4 is 16.4 Å². The summed E-state index contributed by atoms with van der Waals surface area (Å²) in [4.78, 5) is 12.1. The highest BCUT2D eigenvalue weighted by molar-refractivity contribution is 7.80. The summed E-state index contributed by atoms with van der Waals surface area (Å²) in [5.74, 6) is 0. The Kier molecular flexibility index (Phi) is 4.93. The topological polar surface area (TPSA) is 67.2 Å². The van der Waals surface area contributed by atoms with Crippen molar-refractivity contribution in [3.8, 4) is 0 Å². The quantitative estimate of drug-likeness (QED) is 0.745. The maximum absolute atomic E-state index is 11.8. The molecule has 0 aliphatic rings. The van der Waals surface area contributed by atoms with Gasteiger partial charge in [0.15, 0.2) is 0 Å². The van der Waals surface area contributed by atoms with Crippen LogP contribution in [0.2, 0.25) is 5.02 Å². The normalized spacial score (nSPS) is 13.5. The number of thiocarbonyl (C=S) groups is 1. The third kappa shape index (κ3) is 3.85. The lowest BCUT2D eigenvalue weighted by Gasteiger charge is -2.28. The monoisotopic (exact) mass is 285 g/mol. The zero-order valence-corrected chi connectivity index (χ0v) is 11.9. The van der Waals surface area contributed by atoms with Gasteiger partial charge in [0.1, 0.15) is 0 Å². The predicted molar refractivity (Wildman–Crippen MR) is 79.1 cm³/mol. The van der Waals surface area contributed by atoms with E-state index in [0.29, 0.717) is 17.1 Å². The van der Waals surface area contributed by atoms with E-state index in [2.05, 4.69) is 10.6 Å². The standard InChI is InChI=1S/C12H16ClN3OS/c1-3-12(2,10(14)18)16-11(17)15-9-6-4-8(13)5-7-9/h4-7H,3H2,1-2H3,(H2,14,18)(H2,15,16,17). The molecule has 18 heavy (non-hydrogen) atoms. The molecule has 0 aliphatic heterocycles. The molecule has 2 amide bonds. The molecule has 4 nitrogen and oxygen atoms in total. The molecular formula is C12H16ClN3OS. The van der Waals surface area contributed by atoms with Gasteiger partial charge < -0.3 is 16.4 Å². The van der Waals surface area contributed by atoms with Crippen molar-refractivity contribution in [3.63, 3.8) is 0 Å². The van der Waals surface area contributed by atoms with Crippen LogP contribution in [0.3, 0.4) is 0 Å². The van der Waals surface area contributed by atoms with E-state index in [0.717, 1.165) is 0 Å². The highest BCUT2D eigenvalue weighted by atomic mass is 35.5. The van der Waals surface area contributed by atoms with Crippen LogP contribution in [-0.4, -0.2) is 16.6 Å². The molecule has 0 radical (unpaired) electrons. The molecular weight excluding hydrogens is 270 g/mol. The average Bonchev–Trinajstić information content (AvgIpc) is 2.31. The summed E-state index contributed by atoms with van der Waals surface area (Å²) in [6, 6.07) is 6.47. The number of hydrogen-bond acceptors (Lipinski definition) is 2. The first-order valence-electron chi connectivity index (χ1n) is 5.52. The zero-order valence-electron chi connectivity index (χ0n) is 10.3. The number of nitrogens with one attached hydrogen (secondary N) is 2. The summed E-state index contributed by atoms with van der Waals surface area (Å²) in [7, 11) is 0. The van der Waals surface area contributed by atoms with Gasteiger partial charge in [-0.2, -0.15) is 0 Å². The molecule has 0 saturated carbocycles. The Balaban J connectivity index is 2.66. The Hall–Kier alpha value is -1.33. The van der Waals surface area contributed by atoms with Gasteiger partial charge in [-0.1, -0.05) is 30.7 Å². The summed E-state index contributed by atoms with van der Waals surface area (Å²) >= 11 is 10.7. The average molecular weight is 286 g/mol. The highest BCUT2D eigenvalue weighted by Crippen LogP contribution is 2.14. The van der Waals surface area contributed by atoms with Crippen LogP contribution in [0, 0.1) is 0 Å². The Bertz CT molecular complexity index is 449. The number of carbonyl (C=O) groups is 1. The van der Waals surface area contributed by atoms with Gasteiger partial charge in [0.05, 0.1) is 10.5 Å². The maximum atomic E-state index is 11.8. The number of amides is 2. The molecule has 1 aromatic rings. The van der Waals surface area contributed by atoms with Crippen molar-refractivity contribution in [1.82, 2.24) is 5.32 Å². The number of rotatable bonds is 4. The van der Waals surface area contributed by atoms with Crippen LogP contribution in [0.25, 0.3) is 0 Å². The molecule has 1 aromatic carbocycles. The fourth-order valence-electron chi connectivity index (χ4n) is 1.27. The largest absolute Gasteiger partial charge is 0.391 e. The van der Waals surface area contributed by atoms with Crippen LogP contribution in [0.5, 0.6) is 0 Å². The van der Waals surface area contributed by atoms with Crippen molar-refractivity contribution >= 4 is 40.5 Å². The van der Waals surface area contributed by atoms with Gasteiger partial charge in [0, 0.05) is 10.7 Å². The number of urea groups is 1. The second kappa shape index (κ2) is 6.02. The second-order valence-electron chi connectivity index (χ2n) is 4.14. The van der Waals surface area contributed by atoms with E-state index in [-0.39, 0.29) is 11.0 Å². The lowest BCUT2D eigenvalue weighted by molar-refractivity contribution is 0.245. The van der Waals surface area contributed by atoms with Gasteiger partial charge in [-0.25, -0.2) is 4.79 Å². The summed E-state index contributed by atoms with van der Waals surface area (Å²) < 4.78 is 0. The first-order valence-corrected chi connectivity index (χ1v) is 6.30. The Morgan fingerprint density at radius 1 is 1.44 bits per heavy atom. The fraction of sp³-hybridized carbons (Fsp3) is 0.333. The third-order valence-corrected chi connectivity index (χ3v) is 3.44. The molecule has 1 unspecified atom stereocenters. The lowest BCUT2D eigenvalue weighted by atomic mass is 9.99. The van der Waals surface area contributed by atoms with E-state index in [1.54, 1.807) is 31.2 Å². The van der Waals surface area contributed by atoms with E-state index in [1.165, 1.54) is 0 Å². The molecule has 0 spiro atoms. The van der Waals surface area contributed by atoms with E-state index < -0.39 is 5.54 Å². The molecule has 0 heterocycles. The molecule has 0 saturated heterocycles. The van der Waals surface area contributed by atoms with E-state index in [4.69, 9.17) is 29.6 Å². The summed E-state index contributed by atoms with van der Waals surface area (Å²) in [6.45, 7) is 3.69. The van der Waals surface area contributed by atoms with Crippen LogP contribution in [0.15, 0.2) is 24.3 Å². The van der Waals surface area contributed by atoms with Crippen molar-refractivity contribution in [2.24, 2.45) is 5.73 Å². The first kappa shape index (κ1) is 14.7. The SMILES string of the molecule is CCC(C)(NC(=O)Nc1ccc(Cl)cc1)C(N)=S. The molecule has 1 atom stereocenters. The van der Waals surface area contributed by atoms with Gasteiger partial charge >= 0.3 is 6.03 Å². The highest BCUT2D eigenvalue weighted by Gasteiger charge is 2.27. The van der Waals surface area contributed by atoms with Crippen molar-refractivity contribution < 1.29 is 4.79 Å². The van der Waals surface area contributed by atoms with Gasteiger partial charge in [-0.05, 0) is 37.6 Å². The number of halogens is 1. The number of nitrogens with two attached hydrogens (primary N) is 1. The molecule has 0 fully saturated rings. The Morgan fingerprint density at radius 2 is 2.00 bits per heavy atom. The van der Waals surface area contributed by atoms with Crippen molar-refractivity contribution in [2.45, 2.75) is 25.8 Å². The molecule has 98 valence electrons. The van der Waals surface area contributed by atoms with E-state index in [9.17, 15) is 4.79 Å². The maximum Gasteiger partial charge on any atom is 0.320 e. The molecule has 0 aliphatic carbocycles. The number of carbonyl (C=O) groups excluding carboxylic acids is 1. The van der Waals surface area contributed by atoms with Gasteiger partial charge in [0.2, 0.25) is 0 Å². The molecule has 0 bridgehead atoms. The lowest BCUT2D eigenvalue weighted by Crippen LogP contribution is -2.55. The minimum absolute atomic E-state index is 0.260. The molecule has 0 aromatic heterocycles. The fourth-order valence-corrected chi connectivity index (χ4v) is 1.59. The van der Waals surface area contributed by atoms with Gasteiger partial charge in [0.25, 0.3) is 0 Å². The summed E-state index contributed by atoms with van der Waals surface area (Å²) in [5.41, 5.74) is 5.58. The minimum atomic E-state index is -0.689. The predicted octanol–water partition coefficient (Wildman–Crippen LogP) is 2.92. The minimum Gasteiger partial charge on any atom is -0.391 e. The molecule has 6 heteroatoms. The van der Waals surface area contributed by atoms with Crippen molar-refractivity contribution in [1.29, 1.82) is 0 Å². The van der Waals surface area contributed by atoms with E-state index >= 15 is 0 Å². The van der Waals surface area contributed by atoms with Crippen molar-refractivity contribution in [2.75, 3.05) is 5.32 Å². The van der Waals surface area contributed by atoms with E-state index in [1.807, 2.05) is 6.92 Å².